The number of hydrogen-bond donors (Lipinski definition) is 1. The van der Waals surface area contributed by atoms with E-state index >= 15 is 0 Å². The van der Waals surface area contributed by atoms with Gasteiger partial charge in [-0.2, -0.15) is 0 Å². The van der Waals surface area contributed by atoms with E-state index < -0.39 is 34.3 Å². The first kappa shape index (κ1) is 30.2. The van der Waals surface area contributed by atoms with Crippen molar-refractivity contribution in [2.75, 3.05) is 10.8 Å². The Hall–Kier alpha value is -3.72. The Morgan fingerprint density at radius 2 is 1.56 bits per heavy atom. The molecule has 1 N–H and O–H groups in total. The average Bonchev–Trinajstić information content (AvgIpc) is 2.98. The predicted molar refractivity (Wildman–Crippen MR) is 158 cm³/mol. The summed E-state index contributed by atoms with van der Waals surface area (Å²) in [4.78, 5) is 29.1. The summed E-state index contributed by atoms with van der Waals surface area (Å²) >= 11 is 0. The number of halogens is 1. The van der Waals surface area contributed by atoms with Crippen LogP contribution < -0.4 is 9.62 Å². The summed E-state index contributed by atoms with van der Waals surface area (Å²) in [6, 6.07) is 19.7. The van der Waals surface area contributed by atoms with Crippen molar-refractivity contribution in [3.63, 3.8) is 0 Å². The molecular formula is C32H38FN3O4S. The Bertz CT molecular complexity index is 1410. The molecule has 218 valence electrons. The molecule has 0 spiro atoms. The van der Waals surface area contributed by atoms with Gasteiger partial charge >= 0.3 is 0 Å². The third-order valence-corrected chi connectivity index (χ3v) is 9.32. The maximum atomic E-state index is 14.1. The van der Waals surface area contributed by atoms with Gasteiger partial charge in [0.05, 0.1) is 10.6 Å². The minimum absolute atomic E-state index is 0.00397. The topological polar surface area (TPSA) is 86.8 Å². The van der Waals surface area contributed by atoms with E-state index in [4.69, 9.17) is 0 Å². The molecule has 3 aromatic rings. The van der Waals surface area contributed by atoms with E-state index in [-0.39, 0.29) is 29.1 Å². The van der Waals surface area contributed by atoms with Gasteiger partial charge in [-0.05, 0) is 68.1 Å². The lowest BCUT2D eigenvalue weighted by Crippen LogP contribution is -2.54. The molecule has 41 heavy (non-hydrogen) atoms. The molecule has 0 saturated heterocycles. The molecule has 1 atom stereocenters. The third kappa shape index (κ3) is 7.73. The van der Waals surface area contributed by atoms with Crippen LogP contribution in [0.2, 0.25) is 0 Å². The van der Waals surface area contributed by atoms with Gasteiger partial charge in [-0.1, -0.05) is 74.2 Å². The summed E-state index contributed by atoms with van der Waals surface area (Å²) in [5.74, 6) is -1.29. The number of hydrogen-bond acceptors (Lipinski definition) is 4. The molecule has 4 rings (SSSR count). The van der Waals surface area contributed by atoms with Gasteiger partial charge in [0, 0.05) is 12.6 Å². The van der Waals surface area contributed by atoms with E-state index in [1.54, 1.807) is 18.2 Å². The van der Waals surface area contributed by atoms with Gasteiger partial charge < -0.3 is 10.2 Å². The van der Waals surface area contributed by atoms with Crippen molar-refractivity contribution in [1.82, 2.24) is 10.2 Å². The summed E-state index contributed by atoms with van der Waals surface area (Å²) in [5, 5.41) is 3.14. The average molecular weight is 580 g/mol. The van der Waals surface area contributed by atoms with Crippen LogP contribution in [0.1, 0.15) is 56.6 Å². The van der Waals surface area contributed by atoms with E-state index in [1.807, 2.05) is 38.1 Å². The number of sulfonamides is 1. The van der Waals surface area contributed by atoms with Crippen LogP contribution in [0.5, 0.6) is 0 Å². The number of aryl methyl sites for hydroxylation is 1. The summed E-state index contributed by atoms with van der Waals surface area (Å²) in [6.07, 6.45) is 5.42. The van der Waals surface area contributed by atoms with Crippen LogP contribution in [0.15, 0.2) is 83.8 Å². The summed E-state index contributed by atoms with van der Waals surface area (Å²) in [7, 11) is -4.19. The molecule has 7 nitrogen and oxygen atoms in total. The molecule has 1 aliphatic rings. The summed E-state index contributed by atoms with van der Waals surface area (Å²) in [5.41, 5.74) is 2.04. The fraction of sp³-hybridized carbons (Fsp3) is 0.375. The van der Waals surface area contributed by atoms with Crippen molar-refractivity contribution in [1.29, 1.82) is 0 Å². The molecular weight excluding hydrogens is 541 g/mol. The second kappa shape index (κ2) is 13.8. The highest BCUT2D eigenvalue weighted by atomic mass is 32.2. The molecule has 3 aromatic carbocycles. The maximum Gasteiger partial charge on any atom is 0.264 e. The first-order valence-corrected chi connectivity index (χ1v) is 15.6. The molecule has 0 aromatic heterocycles. The van der Waals surface area contributed by atoms with E-state index in [2.05, 4.69) is 5.32 Å². The Morgan fingerprint density at radius 3 is 2.17 bits per heavy atom. The normalized spacial score (nSPS) is 14.7. The van der Waals surface area contributed by atoms with Crippen molar-refractivity contribution >= 4 is 27.5 Å². The predicted octanol–water partition coefficient (Wildman–Crippen LogP) is 5.59. The molecule has 9 heteroatoms. The quantitative estimate of drug-likeness (QED) is 0.321. The number of carbonyl (C=O) groups is 2. The Labute approximate surface area is 242 Å². The number of nitrogens with zero attached hydrogens (tertiary/aromatic N) is 2. The molecule has 0 unspecified atom stereocenters. The fourth-order valence-electron chi connectivity index (χ4n) is 5.21. The molecule has 1 aliphatic carbocycles. The van der Waals surface area contributed by atoms with Gasteiger partial charge in [0.1, 0.15) is 18.4 Å². The van der Waals surface area contributed by atoms with Crippen LogP contribution in [0.4, 0.5) is 10.1 Å². The lowest BCUT2D eigenvalue weighted by molar-refractivity contribution is -0.140. The van der Waals surface area contributed by atoms with Gasteiger partial charge in [-0.25, -0.2) is 12.8 Å². The van der Waals surface area contributed by atoms with Gasteiger partial charge in [-0.3, -0.25) is 13.9 Å². The van der Waals surface area contributed by atoms with E-state index in [0.717, 1.165) is 59.7 Å². The van der Waals surface area contributed by atoms with Crippen LogP contribution in [-0.4, -0.2) is 43.8 Å². The smallest absolute Gasteiger partial charge is 0.264 e. The fourth-order valence-corrected chi connectivity index (χ4v) is 6.64. The number of nitrogens with one attached hydrogen (secondary N) is 1. The second-order valence-electron chi connectivity index (χ2n) is 10.6. The molecule has 0 radical (unpaired) electrons. The molecule has 0 bridgehead atoms. The van der Waals surface area contributed by atoms with E-state index in [1.165, 1.54) is 29.2 Å². The Morgan fingerprint density at radius 1 is 0.927 bits per heavy atom. The molecule has 1 fully saturated rings. The monoisotopic (exact) mass is 579 g/mol. The highest BCUT2D eigenvalue weighted by Crippen LogP contribution is 2.25. The van der Waals surface area contributed by atoms with E-state index in [0.29, 0.717) is 6.42 Å². The number of anilines is 1. The number of rotatable bonds is 11. The van der Waals surface area contributed by atoms with Crippen molar-refractivity contribution in [3.8, 4) is 0 Å². The highest BCUT2D eigenvalue weighted by Gasteiger charge is 2.34. The van der Waals surface area contributed by atoms with Crippen LogP contribution in [0.3, 0.4) is 0 Å². The van der Waals surface area contributed by atoms with Gasteiger partial charge in [0.25, 0.3) is 10.0 Å². The molecule has 1 saturated carbocycles. The molecule has 0 aliphatic heterocycles. The lowest BCUT2D eigenvalue weighted by Gasteiger charge is -2.34. The number of amides is 2. The van der Waals surface area contributed by atoms with Gasteiger partial charge in [-0.15, -0.1) is 0 Å². The first-order chi connectivity index (χ1) is 19.7. The summed E-state index contributed by atoms with van der Waals surface area (Å²) < 4.78 is 42.3. The molecule has 0 heterocycles. The van der Waals surface area contributed by atoms with Crippen LogP contribution in [0, 0.1) is 12.7 Å². The van der Waals surface area contributed by atoms with Crippen molar-refractivity contribution in [3.05, 3.63) is 95.8 Å². The SMILES string of the molecule is CC[C@@H](C(=O)NC1CCCCC1)N(Cc1ccc(C)cc1)C(=O)CN(c1ccc(F)cc1)S(=O)(=O)c1ccccc1. The molecule has 2 amide bonds. The zero-order chi connectivity index (χ0) is 29.4. The van der Waals surface area contributed by atoms with Crippen molar-refractivity contribution < 1.29 is 22.4 Å². The second-order valence-corrected chi connectivity index (χ2v) is 12.4. The lowest BCUT2D eigenvalue weighted by atomic mass is 9.95. The number of benzene rings is 3. The van der Waals surface area contributed by atoms with Crippen LogP contribution in [-0.2, 0) is 26.2 Å². The van der Waals surface area contributed by atoms with Gasteiger partial charge in [0.2, 0.25) is 11.8 Å². The maximum absolute atomic E-state index is 14.1. The highest BCUT2D eigenvalue weighted by molar-refractivity contribution is 7.92. The van der Waals surface area contributed by atoms with Crippen LogP contribution >= 0.6 is 0 Å². The minimum Gasteiger partial charge on any atom is -0.352 e. The third-order valence-electron chi connectivity index (χ3n) is 7.54. The zero-order valence-corrected chi connectivity index (χ0v) is 24.4. The largest absolute Gasteiger partial charge is 0.352 e. The minimum atomic E-state index is -4.19. The van der Waals surface area contributed by atoms with Crippen molar-refractivity contribution in [2.45, 2.75) is 75.9 Å². The Kier molecular flexibility index (Phi) is 10.2. The standard InChI is InChI=1S/C32H38FN3O4S/c1-3-30(32(38)34-27-10-6-4-7-11-27)35(22-25-16-14-24(2)15-17-25)31(37)23-36(28-20-18-26(33)19-21-28)41(39,40)29-12-8-5-9-13-29/h5,8-9,12-21,27,30H,3-4,6-7,10-11,22-23H2,1-2H3,(H,34,38)/t30-/m0/s1. The first-order valence-electron chi connectivity index (χ1n) is 14.2. The number of carbonyl (C=O) groups excluding carboxylic acids is 2. The van der Waals surface area contributed by atoms with Gasteiger partial charge in [0.15, 0.2) is 0 Å². The van der Waals surface area contributed by atoms with E-state index in [9.17, 15) is 22.4 Å². The zero-order valence-electron chi connectivity index (χ0n) is 23.6. The summed E-state index contributed by atoms with van der Waals surface area (Å²) in [6.45, 7) is 3.40. The van der Waals surface area contributed by atoms with Crippen molar-refractivity contribution in [2.24, 2.45) is 0 Å². The van der Waals surface area contributed by atoms with Crippen LogP contribution in [0.25, 0.3) is 0 Å². The Balaban J connectivity index is 1.68.